The Morgan fingerprint density at radius 3 is 2.69 bits per heavy atom. The number of aliphatic carboxylic acids is 1. The minimum atomic E-state index is -0.716. The van der Waals surface area contributed by atoms with E-state index in [1.54, 1.807) is 0 Å². The number of anilines is 1. The Bertz CT molecular complexity index is 361. The van der Waals surface area contributed by atoms with Crippen LogP contribution in [0.25, 0.3) is 0 Å². The first-order chi connectivity index (χ1) is 7.59. The van der Waals surface area contributed by atoms with Crippen molar-refractivity contribution in [3.05, 3.63) is 29.3 Å². The third-order valence-corrected chi connectivity index (χ3v) is 2.51. The van der Waals surface area contributed by atoms with Crippen molar-refractivity contribution in [2.75, 3.05) is 11.9 Å². The quantitative estimate of drug-likeness (QED) is 0.726. The lowest BCUT2D eigenvalue weighted by Crippen LogP contribution is -2.04. The van der Waals surface area contributed by atoms with Gasteiger partial charge in [-0.05, 0) is 38.3 Å². The standard InChI is InChI=1S/C13H19NO2/c1-10-6-7-12(11(2)9-10)14-8-4-3-5-13(15)16/h6-7,9,14H,3-5,8H2,1-2H3,(H,15,16). The van der Waals surface area contributed by atoms with Gasteiger partial charge in [-0.1, -0.05) is 17.7 Å². The Kier molecular flexibility index (Phi) is 4.83. The highest BCUT2D eigenvalue weighted by Gasteiger charge is 1.99. The molecule has 0 bridgehead atoms. The minimum absolute atomic E-state index is 0.258. The molecule has 1 aromatic rings. The number of carboxylic acids is 1. The Labute approximate surface area is 96.5 Å². The zero-order valence-corrected chi connectivity index (χ0v) is 9.92. The Morgan fingerprint density at radius 2 is 2.06 bits per heavy atom. The van der Waals surface area contributed by atoms with Gasteiger partial charge in [-0.15, -0.1) is 0 Å². The van der Waals surface area contributed by atoms with Gasteiger partial charge in [-0.2, -0.15) is 0 Å². The largest absolute Gasteiger partial charge is 0.481 e. The molecule has 16 heavy (non-hydrogen) atoms. The fourth-order valence-corrected chi connectivity index (χ4v) is 1.64. The number of unbranched alkanes of at least 4 members (excludes halogenated alkanes) is 1. The summed E-state index contributed by atoms with van der Waals surface area (Å²) in [6, 6.07) is 6.29. The van der Waals surface area contributed by atoms with Gasteiger partial charge < -0.3 is 10.4 Å². The summed E-state index contributed by atoms with van der Waals surface area (Å²) >= 11 is 0. The van der Waals surface area contributed by atoms with E-state index in [0.29, 0.717) is 0 Å². The first kappa shape index (κ1) is 12.6. The van der Waals surface area contributed by atoms with Crippen molar-refractivity contribution in [1.29, 1.82) is 0 Å². The lowest BCUT2D eigenvalue weighted by atomic mass is 10.1. The number of benzene rings is 1. The van der Waals surface area contributed by atoms with Crippen LogP contribution in [0.5, 0.6) is 0 Å². The van der Waals surface area contributed by atoms with Crippen LogP contribution in [0, 0.1) is 13.8 Å². The molecule has 0 amide bonds. The number of aryl methyl sites for hydroxylation is 2. The first-order valence-electron chi connectivity index (χ1n) is 5.62. The number of hydrogen-bond donors (Lipinski definition) is 2. The maximum Gasteiger partial charge on any atom is 0.303 e. The molecule has 0 aromatic heterocycles. The second kappa shape index (κ2) is 6.16. The van der Waals surface area contributed by atoms with Crippen molar-refractivity contribution < 1.29 is 9.90 Å². The monoisotopic (exact) mass is 221 g/mol. The van der Waals surface area contributed by atoms with Crippen LogP contribution < -0.4 is 5.32 Å². The Balaban J connectivity index is 2.29. The van der Waals surface area contributed by atoms with Gasteiger partial charge in [-0.25, -0.2) is 0 Å². The van der Waals surface area contributed by atoms with Crippen molar-refractivity contribution in [3.63, 3.8) is 0 Å². The zero-order valence-electron chi connectivity index (χ0n) is 9.92. The average molecular weight is 221 g/mol. The second-order valence-electron chi connectivity index (χ2n) is 4.10. The average Bonchev–Trinajstić information content (AvgIpc) is 2.20. The third kappa shape index (κ3) is 4.34. The van der Waals surface area contributed by atoms with E-state index in [9.17, 15) is 4.79 Å². The molecule has 0 aliphatic rings. The van der Waals surface area contributed by atoms with Crippen molar-refractivity contribution >= 4 is 11.7 Å². The fraction of sp³-hybridized carbons (Fsp3) is 0.462. The van der Waals surface area contributed by atoms with E-state index in [4.69, 9.17) is 5.11 Å². The normalized spacial score (nSPS) is 10.1. The molecule has 0 fully saturated rings. The Hall–Kier alpha value is -1.51. The SMILES string of the molecule is Cc1ccc(NCCCCC(=O)O)c(C)c1. The van der Waals surface area contributed by atoms with Crippen LogP contribution in [0.3, 0.4) is 0 Å². The summed E-state index contributed by atoms with van der Waals surface area (Å²) < 4.78 is 0. The van der Waals surface area contributed by atoms with Gasteiger partial charge in [0.25, 0.3) is 0 Å². The molecule has 0 aliphatic heterocycles. The predicted octanol–water partition coefficient (Wildman–Crippen LogP) is 2.97. The number of carbonyl (C=O) groups is 1. The molecule has 0 heterocycles. The zero-order chi connectivity index (χ0) is 12.0. The molecule has 0 unspecified atom stereocenters. The van der Waals surface area contributed by atoms with E-state index < -0.39 is 5.97 Å². The molecule has 0 radical (unpaired) electrons. The summed E-state index contributed by atoms with van der Waals surface area (Å²) in [5.74, 6) is -0.716. The van der Waals surface area contributed by atoms with Crippen LogP contribution >= 0.6 is 0 Å². The summed E-state index contributed by atoms with van der Waals surface area (Å²) in [6.45, 7) is 4.98. The van der Waals surface area contributed by atoms with Crippen molar-refractivity contribution in [3.8, 4) is 0 Å². The molecule has 0 saturated carbocycles. The van der Waals surface area contributed by atoms with Gasteiger partial charge in [0, 0.05) is 18.7 Å². The van der Waals surface area contributed by atoms with Gasteiger partial charge in [0.05, 0.1) is 0 Å². The number of hydrogen-bond acceptors (Lipinski definition) is 2. The smallest absolute Gasteiger partial charge is 0.303 e. The van der Waals surface area contributed by atoms with E-state index in [2.05, 4.69) is 37.4 Å². The highest BCUT2D eigenvalue weighted by molar-refractivity contribution is 5.66. The summed E-state index contributed by atoms with van der Waals surface area (Å²) in [5.41, 5.74) is 3.63. The van der Waals surface area contributed by atoms with Crippen LogP contribution in [-0.2, 0) is 4.79 Å². The molecule has 0 spiro atoms. The highest BCUT2D eigenvalue weighted by atomic mass is 16.4. The van der Waals surface area contributed by atoms with Crippen molar-refractivity contribution in [2.45, 2.75) is 33.1 Å². The lowest BCUT2D eigenvalue weighted by Gasteiger charge is -2.09. The van der Waals surface area contributed by atoms with E-state index in [1.165, 1.54) is 11.1 Å². The second-order valence-corrected chi connectivity index (χ2v) is 4.10. The van der Waals surface area contributed by atoms with Crippen LogP contribution in [0.1, 0.15) is 30.4 Å². The molecule has 1 aromatic carbocycles. The third-order valence-electron chi connectivity index (χ3n) is 2.51. The molecule has 2 N–H and O–H groups in total. The van der Waals surface area contributed by atoms with Crippen LogP contribution in [-0.4, -0.2) is 17.6 Å². The maximum absolute atomic E-state index is 10.3. The van der Waals surface area contributed by atoms with E-state index in [-0.39, 0.29) is 6.42 Å². The summed E-state index contributed by atoms with van der Waals surface area (Å²) in [7, 11) is 0. The molecule has 3 nitrogen and oxygen atoms in total. The minimum Gasteiger partial charge on any atom is -0.481 e. The van der Waals surface area contributed by atoms with E-state index >= 15 is 0 Å². The van der Waals surface area contributed by atoms with Gasteiger partial charge in [0.1, 0.15) is 0 Å². The molecular formula is C13H19NO2. The van der Waals surface area contributed by atoms with Crippen LogP contribution in [0.15, 0.2) is 18.2 Å². The van der Waals surface area contributed by atoms with Gasteiger partial charge >= 0.3 is 5.97 Å². The fourth-order valence-electron chi connectivity index (χ4n) is 1.64. The van der Waals surface area contributed by atoms with E-state index in [1.807, 2.05) is 0 Å². The summed E-state index contributed by atoms with van der Waals surface area (Å²) in [5, 5.41) is 11.8. The predicted molar refractivity (Wildman–Crippen MR) is 65.9 cm³/mol. The van der Waals surface area contributed by atoms with E-state index in [0.717, 1.165) is 25.1 Å². The topological polar surface area (TPSA) is 49.3 Å². The summed E-state index contributed by atoms with van der Waals surface area (Å²) in [6.07, 6.45) is 1.88. The van der Waals surface area contributed by atoms with Gasteiger partial charge in [-0.3, -0.25) is 4.79 Å². The van der Waals surface area contributed by atoms with Crippen molar-refractivity contribution in [2.24, 2.45) is 0 Å². The molecular weight excluding hydrogens is 202 g/mol. The van der Waals surface area contributed by atoms with Crippen LogP contribution in [0.2, 0.25) is 0 Å². The lowest BCUT2D eigenvalue weighted by molar-refractivity contribution is -0.137. The number of rotatable bonds is 6. The molecule has 88 valence electrons. The maximum atomic E-state index is 10.3. The van der Waals surface area contributed by atoms with Gasteiger partial charge in [0.2, 0.25) is 0 Å². The molecule has 3 heteroatoms. The molecule has 0 atom stereocenters. The number of nitrogens with one attached hydrogen (secondary N) is 1. The molecule has 0 saturated heterocycles. The van der Waals surface area contributed by atoms with Gasteiger partial charge in [0.15, 0.2) is 0 Å². The van der Waals surface area contributed by atoms with Crippen molar-refractivity contribution in [1.82, 2.24) is 0 Å². The highest BCUT2D eigenvalue weighted by Crippen LogP contribution is 2.15. The van der Waals surface area contributed by atoms with Crippen LogP contribution in [0.4, 0.5) is 5.69 Å². The molecule has 1 rings (SSSR count). The Morgan fingerprint density at radius 1 is 1.31 bits per heavy atom. The summed E-state index contributed by atoms with van der Waals surface area (Å²) in [4.78, 5) is 10.3. The number of carboxylic acid groups (broad SMARTS) is 1. The first-order valence-corrected chi connectivity index (χ1v) is 5.62. The molecule has 0 aliphatic carbocycles.